The summed E-state index contributed by atoms with van der Waals surface area (Å²) in [4.78, 5) is 0. The lowest BCUT2D eigenvalue weighted by molar-refractivity contribution is 0.241. The van der Waals surface area contributed by atoms with Gasteiger partial charge in [-0.05, 0) is 31.5 Å². The van der Waals surface area contributed by atoms with Crippen molar-refractivity contribution in [2.45, 2.75) is 25.8 Å². The van der Waals surface area contributed by atoms with Crippen LogP contribution in [0.25, 0.3) is 0 Å². The summed E-state index contributed by atoms with van der Waals surface area (Å²) in [5.41, 5.74) is 0.734. The molecule has 0 aliphatic heterocycles. The van der Waals surface area contributed by atoms with Crippen molar-refractivity contribution in [3.05, 3.63) is 29.6 Å². The Balaban J connectivity index is 2.88. The van der Waals surface area contributed by atoms with Crippen LogP contribution in [0.1, 0.15) is 19.4 Å². The second kappa shape index (κ2) is 4.47. The van der Waals surface area contributed by atoms with Gasteiger partial charge in [0.2, 0.25) is 0 Å². The Hall–Kier alpha value is -0.760. The maximum atomic E-state index is 12.9. The van der Waals surface area contributed by atoms with Crippen LogP contribution in [0.4, 0.5) is 4.39 Å². The molecule has 0 bridgehead atoms. The van der Waals surface area contributed by atoms with Gasteiger partial charge in [-0.2, -0.15) is 0 Å². The molecule has 0 unspecified atom stereocenters. The molecule has 13 heavy (non-hydrogen) atoms. The lowest BCUT2D eigenvalue weighted by atomic mass is 10.2. The largest absolute Gasteiger partial charge is 0.491 e. The van der Waals surface area contributed by atoms with Crippen LogP contribution in [-0.2, 0) is 5.88 Å². The summed E-state index contributed by atoms with van der Waals surface area (Å²) in [5.74, 6) is 0.520. The molecule has 0 N–H and O–H groups in total. The van der Waals surface area contributed by atoms with E-state index in [9.17, 15) is 4.39 Å². The van der Waals surface area contributed by atoms with Gasteiger partial charge in [-0.15, -0.1) is 11.6 Å². The van der Waals surface area contributed by atoms with Crippen molar-refractivity contribution in [1.82, 2.24) is 0 Å². The third kappa shape index (κ3) is 3.23. The highest BCUT2D eigenvalue weighted by molar-refractivity contribution is 6.17. The Morgan fingerprint density at radius 1 is 1.38 bits per heavy atom. The fourth-order valence-corrected chi connectivity index (χ4v) is 1.19. The van der Waals surface area contributed by atoms with Crippen LogP contribution < -0.4 is 4.74 Å². The van der Waals surface area contributed by atoms with E-state index in [1.807, 2.05) is 13.8 Å². The van der Waals surface area contributed by atoms with E-state index >= 15 is 0 Å². The SMILES string of the molecule is CC(C)Oc1cc(F)cc(CCl)c1. The topological polar surface area (TPSA) is 9.23 Å². The maximum absolute atomic E-state index is 12.9. The Kier molecular flexibility index (Phi) is 3.55. The Labute approximate surface area is 82.5 Å². The van der Waals surface area contributed by atoms with Gasteiger partial charge in [0, 0.05) is 11.9 Å². The lowest BCUT2D eigenvalue weighted by Crippen LogP contribution is -2.05. The zero-order valence-electron chi connectivity index (χ0n) is 7.68. The lowest BCUT2D eigenvalue weighted by Gasteiger charge is -2.10. The first kappa shape index (κ1) is 10.3. The standard InChI is InChI=1S/C10H12ClFO/c1-7(2)13-10-4-8(6-11)3-9(12)5-10/h3-5,7H,6H2,1-2H3. The number of hydrogen-bond acceptors (Lipinski definition) is 1. The molecule has 0 aliphatic carbocycles. The minimum absolute atomic E-state index is 0.0463. The molecule has 72 valence electrons. The zero-order chi connectivity index (χ0) is 9.84. The van der Waals surface area contributed by atoms with Crippen LogP contribution in [0.15, 0.2) is 18.2 Å². The summed E-state index contributed by atoms with van der Waals surface area (Å²) in [6.45, 7) is 3.79. The van der Waals surface area contributed by atoms with E-state index in [0.29, 0.717) is 11.6 Å². The quantitative estimate of drug-likeness (QED) is 0.683. The second-order valence-corrected chi connectivity index (χ2v) is 3.36. The van der Waals surface area contributed by atoms with Crippen LogP contribution in [0.2, 0.25) is 0 Å². The van der Waals surface area contributed by atoms with Gasteiger partial charge in [0.1, 0.15) is 11.6 Å². The molecule has 3 heteroatoms. The van der Waals surface area contributed by atoms with Crippen LogP contribution in [0, 0.1) is 5.82 Å². The normalized spacial score (nSPS) is 10.5. The fourth-order valence-electron chi connectivity index (χ4n) is 1.04. The molecule has 0 fully saturated rings. The molecule has 1 aromatic carbocycles. The molecule has 1 nitrogen and oxygen atoms in total. The van der Waals surface area contributed by atoms with Gasteiger partial charge in [-0.3, -0.25) is 0 Å². The summed E-state index contributed by atoms with van der Waals surface area (Å²) < 4.78 is 18.3. The Bertz CT molecular complexity index is 286. The summed E-state index contributed by atoms with van der Waals surface area (Å²) >= 11 is 5.59. The van der Waals surface area contributed by atoms with E-state index < -0.39 is 0 Å². The second-order valence-electron chi connectivity index (χ2n) is 3.10. The summed E-state index contributed by atoms with van der Waals surface area (Å²) in [6.07, 6.45) is 0.0463. The highest BCUT2D eigenvalue weighted by Crippen LogP contribution is 2.18. The molecule has 0 aromatic heterocycles. The molecular formula is C10H12ClFO. The third-order valence-corrected chi connectivity index (χ3v) is 1.77. The average Bonchev–Trinajstić information content (AvgIpc) is 2.01. The minimum Gasteiger partial charge on any atom is -0.491 e. The van der Waals surface area contributed by atoms with Crippen molar-refractivity contribution in [1.29, 1.82) is 0 Å². The first-order valence-electron chi connectivity index (χ1n) is 4.14. The van der Waals surface area contributed by atoms with Crippen LogP contribution in [0.5, 0.6) is 5.75 Å². The van der Waals surface area contributed by atoms with Crippen molar-refractivity contribution >= 4 is 11.6 Å². The number of alkyl halides is 1. The summed E-state index contributed by atoms with van der Waals surface area (Å²) in [7, 11) is 0. The first-order valence-corrected chi connectivity index (χ1v) is 4.67. The molecule has 0 saturated heterocycles. The highest BCUT2D eigenvalue weighted by Gasteiger charge is 2.02. The van der Waals surface area contributed by atoms with Gasteiger partial charge in [0.05, 0.1) is 6.10 Å². The van der Waals surface area contributed by atoms with E-state index in [1.54, 1.807) is 6.07 Å². The van der Waals surface area contributed by atoms with Gasteiger partial charge in [0.15, 0.2) is 0 Å². The van der Waals surface area contributed by atoms with Crippen LogP contribution in [-0.4, -0.2) is 6.10 Å². The third-order valence-electron chi connectivity index (χ3n) is 1.46. The summed E-state index contributed by atoms with van der Waals surface area (Å²) in [6, 6.07) is 4.51. The van der Waals surface area contributed by atoms with Gasteiger partial charge in [0.25, 0.3) is 0 Å². The summed E-state index contributed by atoms with van der Waals surface area (Å²) in [5, 5.41) is 0. The monoisotopic (exact) mass is 202 g/mol. The van der Waals surface area contributed by atoms with Crippen molar-refractivity contribution in [3.8, 4) is 5.75 Å². The molecular weight excluding hydrogens is 191 g/mol. The molecule has 1 aromatic rings. The predicted octanol–water partition coefficient (Wildman–Crippen LogP) is 3.35. The van der Waals surface area contributed by atoms with Gasteiger partial charge < -0.3 is 4.74 Å². The molecule has 0 saturated carbocycles. The van der Waals surface area contributed by atoms with Crippen molar-refractivity contribution in [2.24, 2.45) is 0 Å². The molecule has 0 atom stereocenters. The van der Waals surface area contributed by atoms with E-state index in [1.165, 1.54) is 12.1 Å². The number of benzene rings is 1. The molecule has 1 rings (SSSR count). The van der Waals surface area contributed by atoms with E-state index in [4.69, 9.17) is 16.3 Å². The number of halogens is 2. The van der Waals surface area contributed by atoms with Crippen molar-refractivity contribution in [2.75, 3.05) is 0 Å². The smallest absolute Gasteiger partial charge is 0.127 e. The van der Waals surface area contributed by atoms with Crippen molar-refractivity contribution in [3.63, 3.8) is 0 Å². The fraction of sp³-hybridized carbons (Fsp3) is 0.400. The molecule has 0 radical (unpaired) electrons. The van der Waals surface area contributed by atoms with Gasteiger partial charge >= 0.3 is 0 Å². The predicted molar refractivity (Wildman–Crippen MR) is 51.7 cm³/mol. The molecule has 0 amide bonds. The average molecular weight is 203 g/mol. The maximum Gasteiger partial charge on any atom is 0.127 e. The Morgan fingerprint density at radius 3 is 2.62 bits per heavy atom. The van der Waals surface area contributed by atoms with E-state index in [2.05, 4.69) is 0 Å². The first-order chi connectivity index (χ1) is 6.11. The Morgan fingerprint density at radius 2 is 2.08 bits per heavy atom. The van der Waals surface area contributed by atoms with Gasteiger partial charge in [-0.25, -0.2) is 4.39 Å². The number of rotatable bonds is 3. The van der Waals surface area contributed by atoms with Crippen LogP contribution >= 0.6 is 11.6 Å². The van der Waals surface area contributed by atoms with E-state index in [-0.39, 0.29) is 11.9 Å². The number of ether oxygens (including phenoxy) is 1. The van der Waals surface area contributed by atoms with E-state index in [0.717, 1.165) is 5.56 Å². The molecule has 0 spiro atoms. The van der Waals surface area contributed by atoms with Gasteiger partial charge in [-0.1, -0.05) is 0 Å². The zero-order valence-corrected chi connectivity index (χ0v) is 8.44. The highest BCUT2D eigenvalue weighted by atomic mass is 35.5. The van der Waals surface area contributed by atoms with Crippen molar-refractivity contribution < 1.29 is 9.13 Å². The molecule has 0 aliphatic rings. The minimum atomic E-state index is -0.311. The number of hydrogen-bond donors (Lipinski definition) is 0. The molecule has 0 heterocycles. The van der Waals surface area contributed by atoms with Crippen LogP contribution in [0.3, 0.4) is 0 Å².